The first-order valence-corrected chi connectivity index (χ1v) is 7.22. The summed E-state index contributed by atoms with van der Waals surface area (Å²) in [6.45, 7) is 13.4. The second kappa shape index (κ2) is 5.70. The van der Waals surface area contributed by atoms with Gasteiger partial charge >= 0.3 is 12.1 Å². The zero-order valence-electron chi connectivity index (χ0n) is 14.0. The summed E-state index contributed by atoms with van der Waals surface area (Å²) in [5.74, 6) is -0.421. The van der Waals surface area contributed by atoms with E-state index in [4.69, 9.17) is 9.47 Å². The number of likely N-dealkylation sites (tertiary alicyclic amines) is 1. The lowest BCUT2D eigenvalue weighted by atomic mass is 9.70. The predicted octanol–water partition coefficient (Wildman–Crippen LogP) is 3.14. The lowest BCUT2D eigenvalue weighted by molar-refractivity contribution is -0.157. The molecule has 0 spiro atoms. The van der Waals surface area contributed by atoms with Crippen LogP contribution >= 0.6 is 0 Å². The number of methoxy groups -OCH3 is 1. The molecule has 0 aromatic carbocycles. The Morgan fingerprint density at radius 3 is 2.33 bits per heavy atom. The van der Waals surface area contributed by atoms with Gasteiger partial charge in [0.15, 0.2) is 0 Å². The number of carbonyl (C=O) groups is 2. The lowest BCUT2D eigenvalue weighted by Gasteiger charge is -2.42. The summed E-state index contributed by atoms with van der Waals surface area (Å²) >= 11 is 0. The van der Waals surface area contributed by atoms with E-state index < -0.39 is 28.6 Å². The first-order valence-electron chi connectivity index (χ1n) is 7.22. The zero-order valence-corrected chi connectivity index (χ0v) is 14.0. The number of allylic oxidation sites excluding steroid dienone is 1. The molecule has 1 aliphatic heterocycles. The molecule has 1 saturated heterocycles. The highest BCUT2D eigenvalue weighted by atomic mass is 16.6. The van der Waals surface area contributed by atoms with Gasteiger partial charge in [-0.15, -0.1) is 6.58 Å². The Morgan fingerprint density at radius 1 is 1.33 bits per heavy atom. The van der Waals surface area contributed by atoms with Crippen molar-refractivity contribution in [2.24, 2.45) is 5.41 Å². The van der Waals surface area contributed by atoms with Crippen LogP contribution in [0, 0.1) is 5.41 Å². The minimum atomic E-state index is -1.06. The fraction of sp³-hybridized carbons (Fsp3) is 0.750. The molecule has 0 bridgehead atoms. The average molecular weight is 297 g/mol. The highest BCUT2D eigenvalue weighted by Gasteiger charge is 2.60. The van der Waals surface area contributed by atoms with E-state index in [1.54, 1.807) is 33.8 Å². The SMILES string of the molecule is C=CC[C@]1(C)CCN(C(=O)OC(C)(C)C)[C@]1(C)C(=O)OC. The number of rotatable bonds is 3. The Balaban J connectivity index is 3.18. The van der Waals surface area contributed by atoms with Crippen LogP contribution in [0.1, 0.15) is 47.5 Å². The molecule has 0 aromatic rings. The van der Waals surface area contributed by atoms with Crippen molar-refractivity contribution in [1.82, 2.24) is 4.90 Å². The van der Waals surface area contributed by atoms with Gasteiger partial charge in [0.25, 0.3) is 0 Å². The Bertz CT molecular complexity index is 440. The highest BCUT2D eigenvalue weighted by Crippen LogP contribution is 2.49. The van der Waals surface area contributed by atoms with Crippen molar-refractivity contribution < 1.29 is 19.1 Å². The summed E-state index contributed by atoms with van der Waals surface area (Å²) in [7, 11) is 1.34. The Labute approximate surface area is 127 Å². The second-order valence-corrected chi connectivity index (χ2v) is 7.00. The number of hydrogen-bond donors (Lipinski definition) is 0. The van der Waals surface area contributed by atoms with E-state index in [1.165, 1.54) is 12.0 Å². The molecule has 2 atom stereocenters. The van der Waals surface area contributed by atoms with Crippen LogP contribution in [0.3, 0.4) is 0 Å². The molecule has 0 aromatic heterocycles. The first kappa shape index (κ1) is 17.5. The molecule has 1 rings (SSSR count). The molecule has 1 aliphatic rings. The summed E-state index contributed by atoms with van der Waals surface area (Å²) in [4.78, 5) is 26.4. The van der Waals surface area contributed by atoms with Crippen LogP contribution in [0.15, 0.2) is 12.7 Å². The quantitative estimate of drug-likeness (QED) is 0.593. The van der Waals surface area contributed by atoms with Crippen molar-refractivity contribution in [3.8, 4) is 0 Å². The van der Waals surface area contributed by atoms with Gasteiger partial charge < -0.3 is 9.47 Å². The second-order valence-electron chi connectivity index (χ2n) is 7.00. The topological polar surface area (TPSA) is 55.8 Å². The van der Waals surface area contributed by atoms with Crippen LogP contribution in [0.2, 0.25) is 0 Å². The highest BCUT2D eigenvalue weighted by molar-refractivity contribution is 5.87. The number of ether oxygens (including phenoxy) is 2. The standard InChI is InChI=1S/C16H27NO4/c1-8-9-15(5)10-11-17(13(19)21-14(2,3)4)16(15,6)12(18)20-7/h8H,1,9-11H2,2-7H3/t15-,16-/m1/s1. The number of carbonyl (C=O) groups excluding carboxylic acids is 2. The molecule has 0 saturated carbocycles. The van der Waals surface area contributed by atoms with Crippen LogP contribution in [0.4, 0.5) is 4.79 Å². The van der Waals surface area contributed by atoms with E-state index >= 15 is 0 Å². The Kier molecular flexibility index (Phi) is 4.76. The van der Waals surface area contributed by atoms with Crippen molar-refractivity contribution in [2.45, 2.75) is 58.6 Å². The van der Waals surface area contributed by atoms with E-state index in [-0.39, 0.29) is 0 Å². The number of hydrogen-bond acceptors (Lipinski definition) is 4. The molecular weight excluding hydrogens is 270 g/mol. The van der Waals surface area contributed by atoms with Crippen LogP contribution in [-0.4, -0.2) is 41.8 Å². The van der Waals surface area contributed by atoms with Gasteiger partial charge in [-0.05, 0) is 40.5 Å². The van der Waals surface area contributed by atoms with E-state index in [0.29, 0.717) is 19.4 Å². The summed E-state index contributed by atoms with van der Waals surface area (Å²) in [6, 6.07) is 0. The van der Waals surface area contributed by atoms with Crippen LogP contribution in [0.5, 0.6) is 0 Å². The maximum absolute atomic E-state index is 12.5. The van der Waals surface area contributed by atoms with Crippen molar-refractivity contribution in [3.63, 3.8) is 0 Å². The summed E-state index contributed by atoms with van der Waals surface area (Å²) in [6.07, 6.45) is 2.62. The molecule has 5 heteroatoms. The average Bonchev–Trinajstić information content (AvgIpc) is 2.60. The van der Waals surface area contributed by atoms with Gasteiger partial charge in [-0.3, -0.25) is 4.90 Å². The zero-order chi connectivity index (χ0) is 16.5. The van der Waals surface area contributed by atoms with Gasteiger partial charge in [0.2, 0.25) is 0 Å². The first-order chi connectivity index (χ1) is 9.52. The van der Waals surface area contributed by atoms with Crippen molar-refractivity contribution in [1.29, 1.82) is 0 Å². The van der Waals surface area contributed by atoms with Crippen LogP contribution in [0.25, 0.3) is 0 Å². The maximum Gasteiger partial charge on any atom is 0.411 e. The predicted molar refractivity (Wildman–Crippen MR) is 80.9 cm³/mol. The molecule has 21 heavy (non-hydrogen) atoms. The lowest BCUT2D eigenvalue weighted by Crippen LogP contribution is -2.59. The fourth-order valence-corrected chi connectivity index (χ4v) is 2.92. The molecule has 120 valence electrons. The van der Waals surface area contributed by atoms with Crippen LogP contribution in [-0.2, 0) is 14.3 Å². The molecule has 0 aliphatic carbocycles. The molecular formula is C16H27NO4. The minimum Gasteiger partial charge on any atom is -0.467 e. The molecule has 0 unspecified atom stereocenters. The summed E-state index contributed by atoms with van der Waals surface area (Å²) < 4.78 is 10.4. The van der Waals surface area contributed by atoms with Gasteiger partial charge in [0.05, 0.1) is 7.11 Å². The van der Waals surface area contributed by atoms with E-state index in [9.17, 15) is 9.59 Å². The van der Waals surface area contributed by atoms with Gasteiger partial charge in [-0.25, -0.2) is 9.59 Å². The molecule has 0 N–H and O–H groups in total. The van der Waals surface area contributed by atoms with E-state index in [0.717, 1.165) is 0 Å². The summed E-state index contributed by atoms with van der Waals surface area (Å²) in [5.41, 5.74) is -2.08. The van der Waals surface area contributed by atoms with Crippen molar-refractivity contribution in [3.05, 3.63) is 12.7 Å². The number of esters is 1. The maximum atomic E-state index is 12.5. The largest absolute Gasteiger partial charge is 0.467 e. The smallest absolute Gasteiger partial charge is 0.411 e. The van der Waals surface area contributed by atoms with Gasteiger partial charge in [0, 0.05) is 12.0 Å². The third-order valence-corrected chi connectivity index (χ3v) is 4.39. The number of nitrogens with zero attached hydrogens (tertiary/aromatic N) is 1. The van der Waals surface area contributed by atoms with Crippen LogP contribution < -0.4 is 0 Å². The molecule has 5 nitrogen and oxygen atoms in total. The minimum absolute atomic E-state index is 0.418. The molecule has 1 amide bonds. The molecule has 1 heterocycles. The fourth-order valence-electron chi connectivity index (χ4n) is 2.92. The van der Waals surface area contributed by atoms with Gasteiger partial charge in [-0.1, -0.05) is 13.0 Å². The molecule has 0 radical (unpaired) electrons. The third-order valence-electron chi connectivity index (χ3n) is 4.39. The third kappa shape index (κ3) is 3.06. The summed E-state index contributed by atoms with van der Waals surface area (Å²) in [5, 5.41) is 0. The van der Waals surface area contributed by atoms with Gasteiger partial charge in [0.1, 0.15) is 11.1 Å². The number of amides is 1. The Morgan fingerprint density at radius 2 is 1.90 bits per heavy atom. The van der Waals surface area contributed by atoms with E-state index in [2.05, 4.69) is 6.58 Å². The monoisotopic (exact) mass is 297 g/mol. The van der Waals surface area contributed by atoms with Gasteiger partial charge in [-0.2, -0.15) is 0 Å². The van der Waals surface area contributed by atoms with Crippen molar-refractivity contribution in [2.75, 3.05) is 13.7 Å². The Hall–Kier alpha value is -1.52. The normalized spacial score (nSPS) is 29.1. The van der Waals surface area contributed by atoms with Crippen molar-refractivity contribution >= 4 is 12.1 Å². The molecule has 1 fully saturated rings. The van der Waals surface area contributed by atoms with E-state index in [1.807, 2.05) is 6.92 Å².